The van der Waals surface area contributed by atoms with E-state index in [4.69, 9.17) is 9.90 Å². The molecular formula is C27H32F3N3O5. The number of carbonyl (C=O) groups excluding carboxylic acids is 3. The number of benzene rings is 2. The number of likely N-dealkylation sites (tertiary alicyclic amines) is 1. The van der Waals surface area contributed by atoms with E-state index in [1.165, 1.54) is 5.56 Å². The fraction of sp³-hybridized carbons (Fsp3) is 0.407. The summed E-state index contributed by atoms with van der Waals surface area (Å²) in [5.41, 5.74) is 2.50. The van der Waals surface area contributed by atoms with Gasteiger partial charge in [0.2, 0.25) is 11.8 Å². The summed E-state index contributed by atoms with van der Waals surface area (Å²) in [6.07, 6.45) is -1.64. The lowest BCUT2D eigenvalue weighted by atomic mass is 9.95. The number of piperidine rings is 1. The molecule has 1 heterocycles. The van der Waals surface area contributed by atoms with Crippen molar-refractivity contribution in [3.8, 4) is 0 Å². The number of nitrogens with zero attached hydrogens (tertiary/aromatic N) is 1. The molecule has 2 aromatic carbocycles. The van der Waals surface area contributed by atoms with Crippen molar-refractivity contribution < 1.29 is 37.5 Å². The molecule has 0 unspecified atom stereocenters. The number of amides is 3. The van der Waals surface area contributed by atoms with Crippen molar-refractivity contribution in [2.45, 2.75) is 45.2 Å². The molecule has 0 spiro atoms. The summed E-state index contributed by atoms with van der Waals surface area (Å²) in [5.74, 6) is -2.78. The predicted molar refractivity (Wildman–Crippen MR) is 135 cm³/mol. The molecule has 11 heteroatoms. The van der Waals surface area contributed by atoms with Crippen LogP contribution in [0.5, 0.6) is 0 Å². The highest BCUT2D eigenvalue weighted by molar-refractivity contribution is 5.96. The number of alkyl halides is 3. The molecule has 3 rings (SSSR count). The van der Waals surface area contributed by atoms with Crippen LogP contribution in [0.3, 0.4) is 0 Å². The maximum absolute atomic E-state index is 12.8. The summed E-state index contributed by atoms with van der Waals surface area (Å²) in [6.45, 7) is 3.73. The summed E-state index contributed by atoms with van der Waals surface area (Å²) in [6, 6.07) is 17.1. The third-order valence-corrected chi connectivity index (χ3v) is 5.84. The molecule has 1 aliphatic rings. The first-order valence-electron chi connectivity index (χ1n) is 12.3. The Bertz CT molecular complexity index is 1070. The minimum atomic E-state index is -5.08. The topological polar surface area (TPSA) is 116 Å². The van der Waals surface area contributed by atoms with Crippen LogP contribution in [0.2, 0.25) is 0 Å². The molecular weight excluding hydrogens is 503 g/mol. The van der Waals surface area contributed by atoms with Gasteiger partial charge in [0, 0.05) is 43.2 Å². The van der Waals surface area contributed by atoms with E-state index in [-0.39, 0.29) is 23.6 Å². The molecule has 1 fully saturated rings. The van der Waals surface area contributed by atoms with Crippen LogP contribution < -0.4 is 10.6 Å². The lowest BCUT2D eigenvalue weighted by Crippen LogP contribution is -2.43. The highest BCUT2D eigenvalue weighted by Crippen LogP contribution is 2.20. The first-order chi connectivity index (χ1) is 18.0. The summed E-state index contributed by atoms with van der Waals surface area (Å²) < 4.78 is 31.7. The minimum absolute atomic E-state index is 0.0225. The van der Waals surface area contributed by atoms with E-state index in [0.29, 0.717) is 50.1 Å². The Morgan fingerprint density at radius 1 is 0.974 bits per heavy atom. The van der Waals surface area contributed by atoms with E-state index in [2.05, 4.69) is 22.8 Å². The molecule has 3 N–H and O–H groups in total. The van der Waals surface area contributed by atoms with Crippen LogP contribution in [0.25, 0.3) is 0 Å². The molecule has 1 saturated heterocycles. The molecule has 0 bridgehead atoms. The van der Waals surface area contributed by atoms with Crippen molar-refractivity contribution >= 4 is 29.4 Å². The number of nitrogens with one attached hydrogen (secondary N) is 2. The quantitative estimate of drug-likeness (QED) is 0.467. The van der Waals surface area contributed by atoms with Gasteiger partial charge >= 0.3 is 12.1 Å². The number of carboxylic acid groups (broad SMARTS) is 1. The monoisotopic (exact) mass is 535 g/mol. The van der Waals surface area contributed by atoms with Crippen molar-refractivity contribution in [1.82, 2.24) is 10.2 Å². The zero-order chi connectivity index (χ0) is 28.1. The molecule has 2 aromatic rings. The SMILES string of the molecule is CCCC(=O)Nc1ccc(C(=O)N2CCC(C(=O)NCCc3ccccc3)CC2)cc1.O=C(O)C(F)(F)F. The number of aliphatic carboxylic acids is 1. The number of anilines is 1. The Morgan fingerprint density at radius 3 is 2.08 bits per heavy atom. The van der Waals surface area contributed by atoms with Crippen molar-refractivity contribution in [3.63, 3.8) is 0 Å². The Morgan fingerprint density at radius 2 is 1.55 bits per heavy atom. The van der Waals surface area contributed by atoms with E-state index in [0.717, 1.165) is 12.8 Å². The first kappa shape index (κ1) is 30.3. The van der Waals surface area contributed by atoms with Crippen LogP contribution >= 0.6 is 0 Å². The number of hydrogen-bond acceptors (Lipinski definition) is 4. The Hall–Kier alpha value is -3.89. The number of hydrogen-bond donors (Lipinski definition) is 3. The minimum Gasteiger partial charge on any atom is -0.475 e. The van der Waals surface area contributed by atoms with Gasteiger partial charge in [-0.25, -0.2) is 4.79 Å². The smallest absolute Gasteiger partial charge is 0.475 e. The fourth-order valence-electron chi connectivity index (χ4n) is 3.79. The molecule has 206 valence electrons. The summed E-state index contributed by atoms with van der Waals surface area (Å²) >= 11 is 0. The Labute approximate surface area is 219 Å². The Balaban J connectivity index is 0.000000638. The fourth-order valence-corrected chi connectivity index (χ4v) is 3.79. The van der Waals surface area contributed by atoms with Crippen molar-refractivity contribution in [2.24, 2.45) is 5.92 Å². The third kappa shape index (κ3) is 10.2. The second-order valence-electron chi connectivity index (χ2n) is 8.77. The first-order valence-corrected chi connectivity index (χ1v) is 12.3. The van der Waals surface area contributed by atoms with E-state index in [9.17, 15) is 27.6 Å². The lowest BCUT2D eigenvalue weighted by Gasteiger charge is -2.31. The van der Waals surface area contributed by atoms with Gasteiger partial charge in [-0.2, -0.15) is 13.2 Å². The average molecular weight is 536 g/mol. The number of rotatable bonds is 8. The summed E-state index contributed by atoms with van der Waals surface area (Å²) in [4.78, 5) is 47.6. The molecule has 38 heavy (non-hydrogen) atoms. The standard InChI is InChI=1S/C25H31N3O3.C2HF3O2/c1-2-6-23(29)27-22-11-9-21(10-12-22)25(31)28-17-14-20(15-18-28)24(30)26-16-13-19-7-4-3-5-8-19;3-2(4,5)1(6)7/h3-5,7-12,20H,2,6,13-18H2,1H3,(H,26,30)(H,27,29);(H,6,7). The van der Waals surface area contributed by atoms with Crippen molar-refractivity contribution in [3.05, 3.63) is 65.7 Å². The van der Waals surface area contributed by atoms with E-state index in [1.54, 1.807) is 29.2 Å². The molecule has 0 atom stereocenters. The molecule has 0 aliphatic carbocycles. The van der Waals surface area contributed by atoms with E-state index >= 15 is 0 Å². The molecule has 1 aliphatic heterocycles. The van der Waals surface area contributed by atoms with Crippen LogP contribution in [-0.4, -0.2) is 59.5 Å². The Kier molecular flexibility index (Phi) is 11.8. The van der Waals surface area contributed by atoms with Crippen LogP contribution in [0.1, 0.15) is 48.5 Å². The van der Waals surface area contributed by atoms with Crippen molar-refractivity contribution in [1.29, 1.82) is 0 Å². The number of carboxylic acids is 1. The third-order valence-electron chi connectivity index (χ3n) is 5.84. The van der Waals surface area contributed by atoms with Gasteiger partial charge in [0.15, 0.2) is 0 Å². The van der Waals surface area contributed by atoms with Gasteiger partial charge < -0.3 is 20.6 Å². The zero-order valence-corrected chi connectivity index (χ0v) is 21.1. The maximum atomic E-state index is 12.8. The predicted octanol–water partition coefficient (Wildman–Crippen LogP) is 4.27. The highest BCUT2D eigenvalue weighted by Gasteiger charge is 2.38. The zero-order valence-electron chi connectivity index (χ0n) is 21.1. The highest BCUT2D eigenvalue weighted by atomic mass is 19.4. The molecule has 0 radical (unpaired) electrons. The second kappa shape index (κ2) is 14.7. The van der Waals surface area contributed by atoms with Crippen molar-refractivity contribution in [2.75, 3.05) is 25.0 Å². The molecule has 0 aromatic heterocycles. The van der Waals surface area contributed by atoms with Gasteiger partial charge in [-0.05, 0) is 55.5 Å². The largest absolute Gasteiger partial charge is 0.490 e. The summed E-state index contributed by atoms with van der Waals surface area (Å²) in [5, 5.41) is 13.0. The van der Waals surface area contributed by atoms with Gasteiger partial charge in [-0.15, -0.1) is 0 Å². The second-order valence-corrected chi connectivity index (χ2v) is 8.77. The molecule has 8 nitrogen and oxygen atoms in total. The van der Waals surface area contributed by atoms with E-state index < -0.39 is 12.1 Å². The van der Waals surface area contributed by atoms with Gasteiger partial charge in [-0.3, -0.25) is 14.4 Å². The van der Waals surface area contributed by atoms with Crippen LogP contribution in [0.4, 0.5) is 18.9 Å². The lowest BCUT2D eigenvalue weighted by molar-refractivity contribution is -0.192. The van der Waals surface area contributed by atoms with E-state index in [1.807, 2.05) is 25.1 Å². The van der Waals surface area contributed by atoms with Crippen LogP contribution in [0.15, 0.2) is 54.6 Å². The maximum Gasteiger partial charge on any atom is 0.490 e. The normalized spacial score (nSPS) is 13.6. The van der Waals surface area contributed by atoms with Gasteiger partial charge in [0.05, 0.1) is 0 Å². The van der Waals surface area contributed by atoms with Gasteiger partial charge in [0.1, 0.15) is 0 Å². The average Bonchev–Trinajstić information content (AvgIpc) is 2.89. The van der Waals surface area contributed by atoms with Gasteiger partial charge in [-0.1, -0.05) is 37.3 Å². The molecule has 0 saturated carbocycles. The molecule has 3 amide bonds. The van der Waals surface area contributed by atoms with Gasteiger partial charge in [0.25, 0.3) is 5.91 Å². The van der Waals surface area contributed by atoms with Crippen LogP contribution in [0, 0.1) is 5.92 Å². The number of halogens is 3. The van der Waals surface area contributed by atoms with Crippen LogP contribution in [-0.2, 0) is 20.8 Å². The summed E-state index contributed by atoms with van der Waals surface area (Å²) in [7, 11) is 0. The number of carbonyl (C=O) groups is 4.